The number of alkyl halides is 2. The zero-order chi connectivity index (χ0) is 23.8. The van der Waals surface area contributed by atoms with E-state index in [4.69, 9.17) is 4.74 Å². The highest BCUT2D eigenvalue weighted by atomic mass is 19.1. The Bertz CT molecular complexity index is 1160. The SMILES string of the molecule is CC(C)NC(=O)O[C@H]1CC[C@@H](c2cc(Nc3nccc4nc(CN5CC(F)C5)cn34)n[nH]2)[C@H]1F. The molecule has 0 spiro atoms. The van der Waals surface area contributed by atoms with E-state index in [-0.39, 0.29) is 6.04 Å². The van der Waals surface area contributed by atoms with Gasteiger partial charge in [0.25, 0.3) is 0 Å². The van der Waals surface area contributed by atoms with Gasteiger partial charge in [-0.15, -0.1) is 0 Å². The molecule has 10 nitrogen and oxygen atoms in total. The standard InChI is InChI=1S/C22H28F2N8O2/c1-12(2)26-22(33)34-17-4-3-15(20(17)24)16-7-18(30-29-16)28-21-25-6-5-19-27-14(11-32(19)21)10-31-8-13(23)9-31/h5-7,11-13,15,17,20H,3-4,8-10H2,1-2H3,(H,26,33)(H2,25,28,29,30)/t15-,17-,20+/m0/s1. The average Bonchev–Trinajstić information content (AvgIpc) is 3.46. The third kappa shape index (κ3) is 4.67. The van der Waals surface area contributed by atoms with Gasteiger partial charge in [0.2, 0.25) is 5.95 Å². The Hall–Kier alpha value is -3.28. The number of nitrogens with zero attached hydrogens (tertiary/aromatic N) is 5. The number of aromatic nitrogens is 5. The number of halogens is 2. The molecule has 5 rings (SSSR count). The van der Waals surface area contributed by atoms with E-state index in [1.807, 2.05) is 24.9 Å². The molecule has 0 radical (unpaired) electrons. The minimum absolute atomic E-state index is 0.0770. The molecule has 1 aliphatic heterocycles. The van der Waals surface area contributed by atoms with Crippen LogP contribution in [0, 0.1) is 0 Å². The van der Waals surface area contributed by atoms with Gasteiger partial charge in [0, 0.05) is 55.7 Å². The predicted octanol–water partition coefficient (Wildman–Crippen LogP) is 3.07. The van der Waals surface area contributed by atoms with Crippen LogP contribution < -0.4 is 10.6 Å². The van der Waals surface area contributed by atoms with Crippen molar-refractivity contribution >= 4 is 23.5 Å². The number of aromatic amines is 1. The molecule has 0 aromatic carbocycles. The van der Waals surface area contributed by atoms with Gasteiger partial charge in [0.15, 0.2) is 5.82 Å². The number of carbonyl (C=O) groups is 1. The van der Waals surface area contributed by atoms with Crippen LogP contribution in [0.4, 0.5) is 25.3 Å². The minimum atomic E-state index is -1.32. The van der Waals surface area contributed by atoms with Gasteiger partial charge in [-0.1, -0.05) is 0 Å². The summed E-state index contributed by atoms with van der Waals surface area (Å²) in [6.45, 7) is 5.07. The number of amides is 1. The number of anilines is 2. The Kier molecular flexibility index (Phi) is 6.07. The van der Waals surface area contributed by atoms with Crippen molar-refractivity contribution in [1.82, 2.24) is 34.8 Å². The van der Waals surface area contributed by atoms with E-state index in [1.54, 1.807) is 22.7 Å². The van der Waals surface area contributed by atoms with Crippen molar-refractivity contribution in [3.63, 3.8) is 0 Å². The Morgan fingerprint density at radius 2 is 2.15 bits per heavy atom. The Balaban J connectivity index is 1.25. The quantitative estimate of drug-likeness (QED) is 0.482. The topological polar surface area (TPSA) is 112 Å². The van der Waals surface area contributed by atoms with Crippen LogP contribution in [0.3, 0.4) is 0 Å². The van der Waals surface area contributed by atoms with E-state index in [0.29, 0.717) is 55.6 Å². The molecule has 1 aliphatic carbocycles. The molecular formula is C22H28F2N8O2. The number of H-pyrrole nitrogens is 1. The average molecular weight is 475 g/mol. The van der Waals surface area contributed by atoms with Crippen molar-refractivity contribution in [3.8, 4) is 0 Å². The summed E-state index contributed by atoms with van der Waals surface area (Å²) in [6.07, 6.45) is 1.01. The summed E-state index contributed by atoms with van der Waals surface area (Å²) in [6, 6.07) is 3.46. The Labute approximate surface area is 195 Å². The first kappa shape index (κ1) is 22.5. The van der Waals surface area contributed by atoms with Gasteiger partial charge in [-0.2, -0.15) is 5.10 Å². The molecular weight excluding hydrogens is 446 g/mol. The minimum Gasteiger partial charge on any atom is -0.443 e. The van der Waals surface area contributed by atoms with Crippen LogP contribution in [0.25, 0.3) is 5.65 Å². The lowest BCUT2D eigenvalue weighted by atomic mass is 10.0. The number of hydrogen-bond acceptors (Lipinski definition) is 7. The summed E-state index contributed by atoms with van der Waals surface area (Å²) in [4.78, 5) is 22.8. The second-order valence-corrected chi connectivity index (χ2v) is 9.22. The van der Waals surface area contributed by atoms with Crippen molar-refractivity contribution in [2.75, 3.05) is 18.4 Å². The lowest BCUT2D eigenvalue weighted by Crippen LogP contribution is -2.47. The number of likely N-dealkylation sites (tertiary alicyclic amines) is 1. The largest absolute Gasteiger partial charge is 0.443 e. The van der Waals surface area contributed by atoms with Crippen molar-refractivity contribution < 1.29 is 18.3 Å². The molecule has 2 fully saturated rings. The maximum atomic E-state index is 15.0. The van der Waals surface area contributed by atoms with Gasteiger partial charge in [0.1, 0.15) is 24.1 Å². The van der Waals surface area contributed by atoms with E-state index < -0.39 is 30.5 Å². The molecule has 34 heavy (non-hydrogen) atoms. The third-order valence-corrected chi connectivity index (χ3v) is 6.13. The summed E-state index contributed by atoms with van der Waals surface area (Å²) in [5.41, 5.74) is 2.16. The van der Waals surface area contributed by atoms with Crippen molar-refractivity contribution in [3.05, 3.63) is 35.9 Å². The molecule has 0 bridgehead atoms. The number of hydrogen-bond donors (Lipinski definition) is 3. The van der Waals surface area contributed by atoms with E-state index in [9.17, 15) is 9.18 Å². The van der Waals surface area contributed by atoms with Gasteiger partial charge in [0.05, 0.1) is 5.69 Å². The van der Waals surface area contributed by atoms with Crippen molar-refractivity contribution in [1.29, 1.82) is 0 Å². The number of nitrogens with one attached hydrogen (secondary N) is 3. The molecule has 12 heteroatoms. The highest BCUT2D eigenvalue weighted by Crippen LogP contribution is 2.38. The molecule has 1 saturated heterocycles. The van der Waals surface area contributed by atoms with E-state index in [0.717, 1.165) is 5.69 Å². The smallest absolute Gasteiger partial charge is 0.407 e. The predicted molar refractivity (Wildman–Crippen MR) is 120 cm³/mol. The van der Waals surface area contributed by atoms with Crippen LogP contribution in [0.15, 0.2) is 24.5 Å². The molecule has 1 amide bonds. The van der Waals surface area contributed by atoms with Crippen LogP contribution in [0.5, 0.6) is 0 Å². The summed E-state index contributed by atoms with van der Waals surface area (Å²) < 4.78 is 35.2. The molecule has 3 aromatic heterocycles. The monoisotopic (exact) mass is 474 g/mol. The van der Waals surface area contributed by atoms with Gasteiger partial charge < -0.3 is 15.4 Å². The number of alkyl carbamates (subject to hydrolysis) is 1. The fraction of sp³-hybridized carbons (Fsp3) is 0.545. The summed E-state index contributed by atoms with van der Waals surface area (Å²) >= 11 is 0. The first-order valence-corrected chi connectivity index (χ1v) is 11.5. The van der Waals surface area contributed by atoms with E-state index >= 15 is 4.39 Å². The van der Waals surface area contributed by atoms with E-state index in [1.165, 1.54) is 0 Å². The molecule has 1 saturated carbocycles. The highest BCUT2D eigenvalue weighted by molar-refractivity contribution is 5.67. The molecule has 2 aliphatic rings. The van der Waals surface area contributed by atoms with Crippen molar-refractivity contribution in [2.45, 2.75) is 63.6 Å². The van der Waals surface area contributed by atoms with Crippen LogP contribution in [0.2, 0.25) is 0 Å². The van der Waals surface area contributed by atoms with Gasteiger partial charge in [-0.25, -0.2) is 23.5 Å². The van der Waals surface area contributed by atoms with Crippen LogP contribution in [-0.2, 0) is 11.3 Å². The van der Waals surface area contributed by atoms with Crippen LogP contribution in [0.1, 0.15) is 44.0 Å². The third-order valence-electron chi connectivity index (χ3n) is 6.13. The number of rotatable bonds is 7. The van der Waals surface area contributed by atoms with Crippen LogP contribution in [-0.4, -0.2) is 73.1 Å². The first-order valence-electron chi connectivity index (χ1n) is 11.5. The molecule has 3 atom stereocenters. The number of imidazole rings is 1. The lowest BCUT2D eigenvalue weighted by Gasteiger charge is -2.33. The fourth-order valence-corrected chi connectivity index (χ4v) is 4.49. The van der Waals surface area contributed by atoms with Crippen molar-refractivity contribution in [2.24, 2.45) is 0 Å². The van der Waals surface area contributed by atoms with Gasteiger partial charge in [-0.05, 0) is 32.8 Å². The zero-order valence-electron chi connectivity index (χ0n) is 19.0. The maximum absolute atomic E-state index is 15.0. The zero-order valence-corrected chi connectivity index (χ0v) is 19.0. The Morgan fingerprint density at radius 1 is 1.32 bits per heavy atom. The molecule has 182 valence electrons. The summed E-state index contributed by atoms with van der Waals surface area (Å²) in [5.74, 6) is 0.554. The number of carbonyl (C=O) groups excluding carboxylic acids is 1. The first-order chi connectivity index (χ1) is 16.4. The normalized spacial score (nSPS) is 23.4. The fourth-order valence-electron chi connectivity index (χ4n) is 4.49. The molecule has 3 aromatic rings. The maximum Gasteiger partial charge on any atom is 0.407 e. The lowest BCUT2D eigenvalue weighted by molar-refractivity contribution is 0.0555. The second kappa shape index (κ2) is 9.16. The van der Waals surface area contributed by atoms with Gasteiger partial charge >= 0.3 is 6.09 Å². The van der Waals surface area contributed by atoms with E-state index in [2.05, 4.69) is 30.8 Å². The number of fused-ring (bicyclic) bond motifs is 1. The molecule has 4 heterocycles. The van der Waals surface area contributed by atoms with Crippen LogP contribution >= 0.6 is 0 Å². The highest BCUT2D eigenvalue weighted by Gasteiger charge is 2.41. The second-order valence-electron chi connectivity index (χ2n) is 9.22. The molecule has 3 N–H and O–H groups in total. The summed E-state index contributed by atoms with van der Waals surface area (Å²) in [5, 5.41) is 12.9. The van der Waals surface area contributed by atoms with Gasteiger partial charge in [-0.3, -0.25) is 14.4 Å². The summed E-state index contributed by atoms with van der Waals surface area (Å²) in [7, 11) is 0. The molecule has 0 unspecified atom stereocenters. The number of ether oxygens (including phenoxy) is 1. The Morgan fingerprint density at radius 3 is 2.91 bits per heavy atom.